The second-order valence-corrected chi connectivity index (χ2v) is 7.13. The highest BCUT2D eigenvalue weighted by atomic mass is 79.9. The van der Waals surface area contributed by atoms with Crippen molar-refractivity contribution in [2.24, 2.45) is 0 Å². The predicted octanol–water partition coefficient (Wildman–Crippen LogP) is 4.09. The Morgan fingerprint density at radius 1 is 1.00 bits per heavy atom. The normalized spacial score (nSPS) is 13.0. The van der Waals surface area contributed by atoms with Crippen molar-refractivity contribution < 1.29 is 9.59 Å². The molecule has 2 N–H and O–H groups in total. The zero-order chi connectivity index (χ0) is 17.6. The molecule has 0 aromatic heterocycles. The number of aryl methyl sites for hydroxylation is 1. The second kappa shape index (κ2) is 8.30. The molecule has 0 saturated carbocycles. The van der Waals surface area contributed by atoms with Crippen molar-refractivity contribution in [2.75, 3.05) is 11.9 Å². The predicted molar refractivity (Wildman–Crippen MR) is 103 cm³/mol. The number of carbonyl (C=O) groups excluding carboxylic acids is 2. The van der Waals surface area contributed by atoms with Crippen molar-refractivity contribution >= 4 is 33.4 Å². The molecule has 4 nitrogen and oxygen atoms in total. The monoisotopic (exact) mass is 400 g/mol. The van der Waals surface area contributed by atoms with Gasteiger partial charge in [-0.15, -0.1) is 0 Å². The van der Waals surface area contributed by atoms with Crippen LogP contribution in [0.3, 0.4) is 0 Å². The first kappa shape index (κ1) is 17.7. The summed E-state index contributed by atoms with van der Waals surface area (Å²) < 4.78 is 0.926. The SMILES string of the molecule is O=C(CCNC(=O)c1ccc(Br)cc1)Nc1cccc2c1CCCC2. The van der Waals surface area contributed by atoms with Crippen molar-refractivity contribution in [2.45, 2.75) is 32.1 Å². The van der Waals surface area contributed by atoms with Gasteiger partial charge in [0.2, 0.25) is 5.91 Å². The number of benzene rings is 2. The first-order valence-corrected chi connectivity index (χ1v) is 9.37. The van der Waals surface area contributed by atoms with Gasteiger partial charge in [-0.3, -0.25) is 9.59 Å². The lowest BCUT2D eigenvalue weighted by atomic mass is 9.90. The van der Waals surface area contributed by atoms with E-state index in [0.717, 1.165) is 23.0 Å². The molecular weight excluding hydrogens is 380 g/mol. The summed E-state index contributed by atoms with van der Waals surface area (Å²) in [6, 6.07) is 13.2. The minimum Gasteiger partial charge on any atom is -0.352 e. The lowest BCUT2D eigenvalue weighted by Gasteiger charge is -2.19. The lowest BCUT2D eigenvalue weighted by Crippen LogP contribution is -2.27. The summed E-state index contributed by atoms with van der Waals surface area (Å²) >= 11 is 3.34. The topological polar surface area (TPSA) is 58.2 Å². The van der Waals surface area contributed by atoms with Crippen molar-refractivity contribution in [3.05, 3.63) is 63.6 Å². The van der Waals surface area contributed by atoms with Crippen LogP contribution in [0.25, 0.3) is 0 Å². The summed E-state index contributed by atoms with van der Waals surface area (Å²) in [6.45, 7) is 0.315. The van der Waals surface area contributed by atoms with Crippen LogP contribution in [0.4, 0.5) is 5.69 Å². The smallest absolute Gasteiger partial charge is 0.251 e. The molecule has 0 atom stereocenters. The number of carbonyl (C=O) groups is 2. The third kappa shape index (κ3) is 4.69. The van der Waals surface area contributed by atoms with Crippen molar-refractivity contribution in [3.63, 3.8) is 0 Å². The standard InChI is InChI=1S/C20H21BrN2O2/c21-16-10-8-15(9-11-16)20(25)22-13-12-19(24)23-18-7-3-5-14-4-1-2-6-17(14)18/h3,5,7-11H,1-2,4,6,12-13H2,(H,22,25)(H,23,24). The fraction of sp³-hybridized carbons (Fsp3) is 0.300. The van der Waals surface area contributed by atoms with E-state index in [4.69, 9.17) is 0 Å². The Kier molecular flexibility index (Phi) is 5.87. The van der Waals surface area contributed by atoms with Crippen molar-refractivity contribution in [1.82, 2.24) is 5.32 Å². The highest BCUT2D eigenvalue weighted by Gasteiger charge is 2.14. The molecule has 0 heterocycles. The van der Waals surface area contributed by atoms with E-state index in [-0.39, 0.29) is 18.2 Å². The summed E-state index contributed by atoms with van der Waals surface area (Å²) in [5.74, 6) is -0.243. The molecule has 130 valence electrons. The lowest BCUT2D eigenvalue weighted by molar-refractivity contribution is -0.116. The number of hydrogen-bond acceptors (Lipinski definition) is 2. The molecular formula is C20H21BrN2O2. The molecule has 0 fully saturated rings. The second-order valence-electron chi connectivity index (χ2n) is 6.21. The average molecular weight is 401 g/mol. The highest BCUT2D eigenvalue weighted by molar-refractivity contribution is 9.10. The summed E-state index contributed by atoms with van der Waals surface area (Å²) in [6.07, 6.45) is 4.75. The van der Waals surface area contributed by atoms with Crippen molar-refractivity contribution in [1.29, 1.82) is 0 Å². The van der Waals surface area contributed by atoms with E-state index >= 15 is 0 Å². The number of nitrogens with one attached hydrogen (secondary N) is 2. The average Bonchev–Trinajstić information content (AvgIpc) is 2.62. The Morgan fingerprint density at radius 3 is 2.56 bits per heavy atom. The van der Waals surface area contributed by atoms with Crippen LogP contribution in [0.15, 0.2) is 46.9 Å². The first-order valence-electron chi connectivity index (χ1n) is 8.58. The number of amides is 2. The van der Waals surface area contributed by atoms with E-state index in [1.807, 2.05) is 24.3 Å². The molecule has 3 rings (SSSR count). The van der Waals surface area contributed by atoms with Crippen LogP contribution in [0.5, 0.6) is 0 Å². The van der Waals surface area contributed by atoms with Gasteiger partial charge in [-0.2, -0.15) is 0 Å². The molecule has 0 radical (unpaired) electrons. The summed E-state index contributed by atoms with van der Waals surface area (Å²) in [5, 5.41) is 5.78. The highest BCUT2D eigenvalue weighted by Crippen LogP contribution is 2.27. The number of fused-ring (bicyclic) bond motifs is 1. The van der Waals surface area contributed by atoms with E-state index in [1.54, 1.807) is 12.1 Å². The zero-order valence-electron chi connectivity index (χ0n) is 14.0. The maximum atomic E-state index is 12.2. The maximum Gasteiger partial charge on any atom is 0.251 e. The fourth-order valence-corrected chi connectivity index (χ4v) is 3.37. The van der Waals surface area contributed by atoms with Gasteiger partial charge in [-0.05, 0) is 67.1 Å². The van der Waals surface area contributed by atoms with Gasteiger partial charge in [-0.25, -0.2) is 0 Å². The van der Waals surface area contributed by atoms with Gasteiger partial charge in [0, 0.05) is 28.7 Å². The molecule has 25 heavy (non-hydrogen) atoms. The number of hydrogen-bond donors (Lipinski definition) is 2. The van der Waals surface area contributed by atoms with Gasteiger partial charge in [0.15, 0.2) is 0 Å². The Bertz CT molecular complexity index is 772. The molecule has 5 heteroatoms. The molecule has 2 aromatic carbocycles. The van der Waals surface area contributed by atoms with Gasteiger partial charge >= 0.3 is 0 Å². The summed E-state index contributed by atoms with van der Waals surface area (Å²) in [7, 11) is 0. The van der Waals surface area contributed by atoms with Crippen LogP contribution in [0.1, 0.15) is 40.7 Å². The summed E-state index contributed by atoms with van der Waals surface area (Å²) in [4.78, 5) is 24.2. The Balaban J connectivity index is 1.50. The molecule has 0 aliphatic heterocycles. The fourth-order valence-electron chi connectivity index (χ4n) is 3.10. The Labute approximate surface area is 156 Å². The number of halogens is 1. The quantitative estimate of drug-likeness (QED) is 0.793. The maximum absolute atomic E-state index is 12.2. The van der Waals surface area contributed by atoms with Crippen LogP contribution < -0.4 is 10.6 Å². The van der Waals surface area contributed by atoms with Crippen LogP contribution in [-0.4, -0.2) is 18.4 Å². The zero-order valence-corrected chi connectivity index (χ0v) is 15.6. The largest absolute Gasteiger partial charge is 0.352 e. The van der Waals surface area contributed by atoms with Crippen LogP contribution in [0.2, 0.25) is 0 Å². The van der Waals surface area contributed by atoms with Crippen LogP contribution in [-0.2, 0) is 17.6 Å². The van der Waals surface area contributed by atoms with Gasteiger partial charge in [-0.1, -0.05) is 28.1 Å². The van der Waals surface area contributed by atoms with Crippen LogP contribution >= 0.6 is 15.9 Å². The molecule has 2 aromatic rings. The molecule has 1 aliphatic carbocycles. The molecule has 0 unspecified atom stereocenters. The number of anilines is 1. The first-order chi connectivity index (χ1) is 12.1. The van der Waals surface area contributed by atoms with Crippen LogP contribution in [0, 0.1) is 0 Å². The number of rotatable bonds is 5. The van der Waals surface area contributed by atoms with E-state index in [0.29, 0.717) is 12.1 Å². The molecule has 0 saturated heterocycles. The minimum absolute atomic E-state index is 0.0740. The van der Waals surface area contributed by atoms with Gasteiger partial charge < -0.3 is 10.6 Å². The molecule has 0 bridgehead atoms. The van der Waals surface area contributed by atoms with E-state index in [2.05, 4.69) is 32.6 Å². The molecule has 0 spiro atoms. The van der Waals surface area contributed by atoms with Gasteiger partial charge in [0.05, 0.1) is 0 Å². The van der Waals surface area contributed by atoms with E-state index < -0.39 is 0 Å². The Hall–Kier alpha value is -2.14. The van der Waals surface area contributed by atoms with Crippen molar-refractivity contribution in [3.8, 4) is 0 Å². The third-order valence-corrected chi connectivity index (χ3v) is 4.94. The minimum atomic E-state index is -0.169. The van der Waals surface area contributed by atoms with Gasteiger partial charge in [0.1, 0.15) is 0 Å². The van der Waals surface area contributed by atoms with Gasteiger partial charge in [0.25, 0.3) is 5.91 Å². The van der Waals surface area contributed by atoms with E-state index in [9.17, 15) is 9.59 Å². The molecule has 2 amide bonds. The Morgan fingerprint density at radius 2 is 1.76 bits per heavy atom. The molecule has 1 aliphatic rings. The van der Waals surface area contributed by atoms with E-state index in [1.165, 1.54) is 24.0 Å². The third-order valence-electron chi connectivity index (χ3n) is 4.41. The summed E-state index contributed by atoms with van der Waals surface area (Å²) in [5.41, 5.74) is 4.11.